The number of hydrogen-bond donors (Lipinski definition) is 1. The molecule has 0 spiro atoms. The van der Waals surface area contributed by atoms with Crippen LogP contribution >= 0.6 is 11.8 Å². The second kappa shape index (κ2) is 7.24. The fourth-order valence-corrected chi connectivity index (χ4v) is 4.33. The molecule has 1 aromatic rings. The van der Waals surface area contributed by atoms with E-state index in [4.69, 9.17) is 10.00 Å². The maximum atomic E-state index is 12.6. The van der Waals surface area contributed by atoms with E-state index in [-0.39, 0.29) is 23.4 Å². The Hall–Kier alpha value is -1.71. The van der Waals surface area contributed by atoms with Crippen LogP contribution < -0.4 is 10.1 Å². The Kier molecular flexibility index (Phi) is 5.09. The average molecular weight is 331 g/mol. The zero-order valence-electron chi connectivity index (χ0n) is 13.2. The summed E-state index contributed by atoms with van der Waals surface area (Å²) in [6.45, 7) is 3.30. The topological polar surface area (TPSA) is 65.4 Å². The van der Waals surface area contributed by atoms with Crippen molar-refractivity contribution in [2.75, 3.05) is 18.9 Å². The summed E-state index contributed by atoms with van der Waals surface area (Å²) in [5.74, 6) is 1.65. The highest BCUT2D eigenvalue weighted by Crippen LogP contribution is 2.35. The van der Waals surface area contributed by atoms with E-state index in [9.17, 15) is 4.79 Å². The van der Waals surface area contributed by atoms with Gasteiger partial charge in [-0.25, -0.2) is 0 Å². The lowest BCUT2D eigenvalue weighted by Crippen LogP contribution is -2.46. The van der Waals surface area contributed by atoms with Gasteiger partial charge in [0, 0.05) is 12.3 Å². The van der Waals surface area contributed by atoms with Gasteiger partial charge in [-0.15, -0.1) is 11.8 Å². The van der Waals surface area contributed by atoms with Crippen molar-refractivity contribution in [1.82, 2.24) is 10.2 Å². The minimum atomic E-state index is -0.255. The predicted molar refractivity (Wildman–Crippen MR) is 90.1 cm³/mol. The predicted octanol–water partition coefficient (Wildman–Crippen LogP) is 2.30. The summed E-state index contributed by atoms with van der Waals surface area (Å²) < 4.78 is 5.54. The first-order valence-corrected chi connectivity index (χ1v) is 9.08. The van der Waals surface area contributed by atoms with Crippen molar-refractivity contribution in [1.29, 1.82) is 5.26 Å². The monoisotopic (exact) mass is 331 g/mol. The van der Waals surface area contributed by atoms with Gasteiger partial charge < -0.3 is 9.64 Å². The molecule has 0 radical (unpaired) electrons. The summed E-state index contributed by atoms with van der Waals surface area (Å²) in [5.41, 5.74) is 1.12. The van der Waals surface area contributed by atoms with Gasteiger partial charge in [0.15, 0.2) is 0 Å². The van der Waals surface area contributed by atoms with Gasteiger partial charge in [0.1, 0.15) is 11.8 Å². The molecular weight excluding hydrogens is 310 g/mol. The number of nitrogens with one attached hydrogen (secondary N) is 1. The second-order valence-electron chi connectivity index (χ2n) is 5.76. The smallest absolute Gasteiger partial charge is 0.241 e. The third kappa shape index (κ3) is 3.46. The molecule has 0 saturated carbocycles. The Balaban J connectivity index is 1.65. The number of amides is 1. The van der Waals surface area contributed by atoms with Crippen LogP contribution in [0.1, 0.15) is 30.7 Å². The molecular formula is C17H21N3O2S. The molecule has 2 aliphatic rings. The van der Waals surface area contributed by atoms with E-state index in [0.717, 1.165) is 29.9 Å². The van der Waals surface area contributed by atoms with E-state index in [1.165, 1.54) is 0 Å². The lowest BCUT2D eigenvalue weighted by atomic mass is 10.2. The number of nitriles is 1. The lowest BCUT2D eigenvalue weighted by molar-refractivity contribution is -0.132. The Labute approximate surface area is 141 Å². The van der Waals surface area contributed by atoms with Crippen LogP contribution in [0, 0.1) is 11.3 Å². The number of hydrogen-bond acceptors (Lipinski definition) is 5. The van der Waals surface area contributed by atoms with E-state index < -0.39 is 0 Å². The zero-order chi connectivity index (χ0) is 16.2. The molecule has 1 unspecified atom stereocenters. The minimum Gasteiger partial charge on any atom is -0.494 e. The first-order valence-electron chi connectivity index (χ1n) is 8.03. The van der Waals surface area contributed by atoms with E-state index >= 15 is 0 Å². The van der Waals surface area contributed by atoms with E-state index in [1.54, 1.807) is 16.7 Å². The van der Waals surface area contributed by atoms with Crippen LogP contribution in [0.2, 0.25) is 0 Å². The van der Waals surface area contributed by atoms with Gasteiger partial charge in [0.25, 0.3) is 0 Å². The fraction of sp³-hybridized carbons (Fsp3) is 0.529. The number of carbonyl (C=O) groups is 1. The molecule has 2 aliphatic heterocycles. The number of nitrogens with zero attached hydrogens (tertiary/aromatic N) is 2. The van der Waals surface area contributed by atoms with Crippen molar-refractivity contribution >= 4 is 17.7 Å². The molecule has 0 bridgehead atoms. The highest BCUT2D eigenvalue weighted by molar-refractivity contribution is 7.99. The van der Waals surface area contributed by atoms with Crippen LogP contribution in [-0.4, -0.2) is 41.8 Å². The van der Waals surface area contributed by atoms with Crippen molar-refractivity contribution in [2.45, 2.75) is 37.2 Å². The molecule has 2 fully saturated rings. The van der Waals surface area contributed by atoms with Gasteiger partial charge in [-0.1, -0.05) is 12.1 Å². The normalized spacial score (nSPS) is 27.0. The highest BCUT2D eigenvalue weighted by Gasteiger charge is 2.37. The third-order valence-corrected chi connectivity index (χ3v) is 5.50. The third-order valence-electron chi connectivity index (χ3n) is 4.24. The molecule has 1 N–H and O–H groups in total. The van der Waals surface area contributed by atoms with Crippen molar-refractivity contribution < 1.29 is 9.53 Å². The van der Waals surface area contributed by atoms with Crippen LogP contribution in [0.4, 0.5) is 0 Å². The van der Waals surface area contributed by atoms with Crippen LogP contribution in [0.25, 0.3) is 0 Å². The number of rotatable bonds is 4. The van der Waals surface area contributed by atoms with Crippen LogP contribution in [0.5, 0.6) is 5.75 Å². The molecule has 23 heavy (non-hydrogen) atoms. The van der Waals surface area contributed by atoms with Crippen LogP contribution in [0.3, 0.4) is 0 Å². The van der Waals surface area contributed by atoms with Crippen molar-refractivity contribution in [3.8, 4) is 11.8 Å². The van der Waals surface area contributed by atoms with Crippen LogP contribution in [-0.2, 0) is 4.79 Å². The number of thioether (sulfide) groups is 1. The molecule has 2 heterocycles. The Morgan fingerprint density at radius 1 is 1.57 bits per heavy atom. The number of likely N-dealkylation sites (tertiary alicyclic amines) is 1. The largest absolute Gasteiger partial charge is 0.494 e. The Morgan fingerprint density at radius 2 is 2.43 bits per heavy atom. The summed E-state index contributed by atoms with van der Waals surface area (Å²) in [7, 11) is 0. The number of carbonyl (C=O) groups excluding carboxylic acids is 1. The van der Waals surface area contributed by atoms with Crippen molar-refractivity contribution in [3.05, 3.63) is 29.8 Å². The molecule has 1 aromatic carbocycles. The average Bonchev–Trinajstić information content (AvgIpc) is 3.24. The standard InChI is InChI=1S/C17H21N3O2S/c1-2-22-14-7-3-5-12(9-14)16-19-15(11-23-16)17(21)20-8-4-6-13(20)10-18/h3,5,7,9,13,15-16,19H,2,4,6,8,11H2,1H3/t13-,15-,16?/m0/s1. The molecule has 1 amide bonds. The molecule has 0 aliphatic carbocycles. The summed E-state index contributed by atoms with van der Waals surface area (Å²) in [6, 6.07) is 9.76. The van der Waals surface area contributed by atoms with Crippen molar-refractivity contribution in [3.63, 3.8) is 0 Å². The van der Waals surface area contributed by atoms with Gasteiger partial charge in [0.05, 0.1) is 24.1 Å². The minimum absolute atomic E-state index is 0.0602. The SMILES string of the molecule is CCOc1cccc(C2N[C@H](C(=O)N3CCC[C@H]3C#N)CS2)c1. The van der Waals surface area contributed by atoms with E-state index in [2.05, 4.69) is 11.4 Å². The maximum absolute atomic E-state index is 12.6. The van der Waals surface area contributed by atoms with Gasteiger partial charge in [-0.2, -0.15) is 5.26 Å². The summed E-state index contributed by atoms with van der Waals surface area (Å²) >= 11 is 1.73. The quantitative estimate of drug-likeness (QED) is 0.917. The van der Waals surface area contributed by atoms with Gasteiger partial charge in [-0.3, -0.25) is 10.1 Å². The van der Waals surface area contributed by atoms with Crippen LogP contribution in [0.15, 0.2) is 24.3 Å². The number of ether oxygens (including phenoxy) is 1. The first kappa shape index (κ1) is 16.2. The molecule has 5 nitrogen and oxygen atoms in total. The zero-order valence-corrected chi connectivity index (χ0v) is 14.0. The lowest BCUT2D eigenvalue weighted by Gasteiger charge is -2.23. The molecule has 3 rings (SSSR count). The molecule has 122 valence electrons. The summed E-state index contributed by atoms with van der Waals surface area (Å²) in [6.07, 6.45) is 1.71. The fourth-order valence-electron chi connectivity index (χ4n) is 3.11. The molecule has 6 heteroatoms. The second-order valence-corrected chi connectivity index (χ2v) is 6.89. The number of benzene rings is 1. The van der Waals surface area contributed by atoms with E-state index in [0.29, 0.717) is 13.2 Å². The Morgan fingerprint density at radius 3 is 3.22 bits per heavy atom. The van der Waals surface area contributed by atoms with Gasteiger partial charge in [-0.05, 0) is 37.5 Å². The first-order chi connectivity index (χ1) is 11.2. The molecule has 2 saturated heterocycles. The van der Waals surface area contributed by atoms with Crippen molar-refractivity contribution in [2.24, 2.45) is 0 Å². The summed E-state index contributed by atoms with van der Waals surface area (Å²) in [4.78, 5) is 14.4. The molecule has 0 aromatic heterocycles. The van der Waals surface area contributed by atoms with E-state index in [1.807, 2.05) is 31.2 Å². The highest BCUT2D eigenvalue weighted by atomic mass is 32.2. The van der Waals surface area contributed by atoms with Gasteiger partial charge in [0.2, 0.25) is 5.91 Å². The molecule has 3 atom stereocenters. The van der Waals surface area contributed by atoms with Gasteiger partial charge >= 0.3 is 0 Å². The maximum Gasteiger partial charge on any atom is 0.241 e. The summed E-state index contributed by atoms with van der Waals surface area (Å²) in [5, 5.41) is 12.7. The Bertz CT molecular complexity index is 616.